The molecule has 0 unspecified atom stereocenters. The van der Waals surface area contributed by atoms with Crippen LogP contribution in [0.15, 0.2) is 72.7 Å². The van der Waals surface area contributed by atoms with Crippen LogP contribution in [0, 0.1) is 5.92 Å². The van der Waals surface area contributed by atoms with Gasteiger partial charge in [0.1, 0.15) is 0 Å². The van der Waals surface area contributed by atoms with Crippen LogP contribution in [0.3, 0.4) is 0 Å². The molecule has 20 heavy (non-hydrogen) atoms. The lowest BCUT2D eigenvalue weighted by Crippen LogP contribution is -2.22. The fraction of sp³-hybridized carbons (Fsp3) is 0.222. The highest BCUT2D eigenvalue weighted by Crippen LogP contribution is 2.43. The Morgan fingerprint density at radius 3 is 2.45 bits per heavy atom. The molecule has 1 heterocycles. The van der Waals surface area contributed by atoms with Gasteiger partial charge in [-0.2, -0.15) is 0 Å². The van der Waals surface area contributed by atoms with Gasteiger partial charge in [-0.15, -0.1) is 5.73 Å². The van der Waals surface area contributed by atoms with E-state index in [0.717, 1.165) is 18.4 Å². The van der Waals surface area contributed by atoms with Crippen molar-refractivity contribution in [3.8, 4) is 0 Å². The number of benzene rings is 1. The first kappa shape index (κ1) is 12.7. The fourth-order valence-corrected chi connectivity index (χ4v) is 3.03. The van der Waals surface area contributed by atoms with E-state index in [0.29, 0.717) is 0 Å². The number of carbonyl (C=O) groups excluding carboxylic acids is 1. The molecule has 0 radical (unpaired) electrons. The molecular formula is C18H17NO. The standard InChI is InChI=1S/C18H17NO/c1-2-14-12-16(15-8-4-3-5-9-15)17(13-14)18(20)19-10-6-7-11-19/h3-11,16-17H,1,12-13H2/t16-,17+/m1/s1. The summed E-state index contributed by atoms with van der Waals surface area (Å²) in [6, 6.07) is 14.0. The van der Waals surface area contributed by atoms with Crippen molar-refractivity contribution in [1.29, 1.82) is 0 Å². The Morgan fingerprint density at radius 1 is 1.10 bits per heavy atom. The first-order valence-electron chi connectivity index (χ1n) is 6.89. The SMILES string of the molecule is C=C=C1C[C@H](C(=O)n2cccc2)[C@@H](c2ccccc2)C1. The van der Waals surface area contributed by atoms with Gasteiger partial charge in [0.05, 0.1) is 5.92 Å². The predicted octanol–water partition coefficient (Wildman–Crippen LogP) is 4.03. The molecule has 0 spiro atoms. The molecule has 3 rings (SSSR count). The van der Waals surface area contributed by atoms with E-state index in [1.165, 1.54) is 5.56 Å². The van der Waals surface area contributed by atoms with Gasteiger partial charge in [0.2, 0.25) is 5.91 Å². The number of carbonyl (C=O) groups is 1. The fourth-order valence-electron chi connectivity index (χ4n) is 3.03. The molecule has 0 bridgehead atoms. The van der Waals surface area contributed by atoms with E-state index in [1.807, 2.05) is 42.7 Å². The Labute approximate surface area is 119 Å². The third-order valence-electron chi connectivity index (χ3n) is 4.07. The van der Waals surface area contributed by atoms with Crippen molar-refractivity contribution in [2.45, 2.75) is 18.8 Å². The van der Waals surface area contributed by atoms with E-state index < -0.39 is 0 Å². The average Bonchev–Trinajstić information content (AvgIpc) is 3.17. The van der Waals surface area contributed by atoms with Crippen molar-refractivity contribution < 1.29 is 4.79 Å². The first-order chi connectivity index (χ1) is 9.79. The normalized spacial score (nSPS) is 21.7. The summed E-state index contributed by atoms with van der Waals surface area (Å²) in [5, 5.41) is 0. The molecule has 100 valence electrons. The molecule has 2 nitrogen and oxygen atoms in total. The maximum atomic E-state index is 12.7. The lowest BCUT2D eigenvalue weighted by atomic mass is 9.88. The zero-order valence-corrected chi connectivity index (χ0v) is 11.3. The third-order valence-corrected chi connectivity index (χ3v) is 4.07. The largest absolute Gasteiger partial charge is 0.294 e. The molecule has 0 amide bonds. The maximum absolute atomic E-state index is 12.7. The minimum Gasteiger partial charge on any atom is -0.294 e. The highest BCUT2D eigenvalue weighted by Gasteiger charge is 2.37. The van der Waals surface area contributed by atoms with Crippen molar-refractivity contribution in [3.05, 3.63) is 78.3 Å². The number of hydrogen-bond donors (Lipinski definition) is 0. The van der Waals surface area contributed by atoms with Gasteiger partial charge in [-0.05, 0) is 36.1 Å². The van der Waals surface area contributed by atoms with Gasteiger partial charge in [0.15, 0.2) is 0 Å². The first-order valence-corrected chi connectivity index (χ1v) is 6.89. The van der Waals surface area contributed by atoms with Gasteiger partial charge < -0.3 is 0 Å². The molecule has 1 fully saturated rings. The summed E-state index contributed by atoms with van der Waals surface area (Å²) in [6.07, 6.45) is 5.28. The smallest absolute Gasteiger partial charge is 0.234 e. The Hall–Kier alpha value is -2.31. The third kappa shape index (κ3) is 2.26. The van der Waals surface area contributed by atoms with Crippen LogP contribution in [0.1, 0.15) is 29.1 Å². The second-order valence-corrected chi connectivity index (χ2v) is 5.24. The summed E-state index contributed by atoms with van der Waals surface area (Å²) in [6.45, 7) is 3.75. The quantitative estimate of drug-likeness (QED) is 0.750. The van der Waals surface area contributed by atoms with Gasteiger partial charge in [-0.1, -0.05) is 36.9 Å². The molecule has 1 aliphatic carbocycles. The van der Waals surface area contributed by atoms with Crippen molar-refractivity contribution in [3.63, 3.8) is 0 Å². The lowest BCUT2D eigenvalue weighted by molar-refractivity contribution is 0.0827. The number of aromatic nitrogens is 1. The van der Waals surface area contributed by atoms with E-state index in [9.17, 15) is 4.79 Å². The maximum Gasteiger partial charge on any atom is 0.234 e. The van der Waals surface area contributed by atoms with E-state index in [4.69, 9.17) is 0 Å². The summed E-state index contributed by atoms with van der Waals surface area (Å²) in [5.74, 6) is 0.374. The number of allylic oxidation sites excluding steroid dienone is 1. The summed E-state index contributed by atoms with van der Waals surface area (Å²) in [5.41, 5.74) is 5.38. The lowest BCUT2D eigenvalue weighted by Gasteiger charge is -2.18. The van der Waals surface area contributed by atoms with Crippen LogP contribution in [0.25, 0.3) is 0 Å². The number of rotatable bonds is 2. The minimum atomic E-state index is -0.0194. The van der Waals surface area contributed by atoms with Crippen molar-refractivity contribution in [1.82, 2.24) is 4.57 Å². The van der Waals surface area contributed by atoms with Crippen LogP contribution in [0.5, 0.6) is 0 Å². The van der Waals surface area contributed by atoms with Crippen LogP contribution < -0.4 is 0 Å². The topological polar surface area (TPSA) is 22.0 Å². The van der Waals surface area contributed by atoms with E-state index in [2.05, 4.69) is 24.4 Å². The zero-order chi connectivity index (χ0) is 13.9. The van der Waals surface area contributed by atoms with E-state index in [1.54, 1.807) is 4.57 Å². The Kier molecular flexibility index (Phi) is 3.41. The highest BCUT2D eigenvalue weighted by molar-refractivity contribution is 5.83. The predicted molar refractivity (Wildman–Crippen MR) is 79.6 cm³/mol. The summed E-state index contributed by atoms with van der Waals surface area (Å²) in [4.78, 5) is 12.7. The van der Waals surface area contributed by atoms with E-state index in [-0.39, 0.29) is 17.7 Å². The molecule has 1 aromatic carbocycles. The summed E-state index contributed by atoms with van der Waals surface area (Å²) < 4.78 is 1.69. The molecule has 1 aliphatic rings. The van der Waals surface area contributed by atoms with Gasteiger partial charge >= 0.3 is 0 Å². The average molecular weight is 263 g/mol. The van der Waals surface area contributed by atoms with Gasteiger partial charge in [-0.3, -0.25) is 9.36 Å². The summed E-state index contributed by atoms with van der Waals surface area (Å²) in [7, 11) is 0. The van der Waals surface area contributed by atoms with Crippen molar-refractivity contribution >= 4 is 5.91 Å². The minimum absolute atomic E-state index is 0.0194. The monoisotopic (exact) mass is 263 g/mol. The molecule has 0 aliphatic heterocycles. The van der Waals surface area contributed by atoms with Crippen LogP contribution in [-0.2, 0) is 0 Å². The van der Waals surface area contributed by atoms with Crippen LogP contribution in [0.2, 0.25) is 0 Å². The molecule has 1 aromatic heterocycles. The number of nitrogens with zero attached hydrogens (tertiary/aromatic N) is 1. The molecular weight excluding hydrogens is 246 g/mol. The van der Waals surface area contributed by atoms with Crippen molar-refractivity contribution in [2.75, 3.05) is 0 Å². The second kappa shape index (κ2) is 5.36. The zero-order valence-electron chi connectivity index (χ0n) is 11.3. The van der Waals surface area contributed by atoms with Crippen LogP contribution >= 0.6 is 0 Å². The van der Waals surface area contributed by atoms with Gasteiger partial charge in [0, 0.05) is 18.3 Å². The highest BCUT2D eigenvalue weighted by atomic mass is 16.2. The second-order valence-electron chi connectivity index (χ2n) is 5.24. The summed E-state index contributed by atoms with van der Waals surface area (Å²) >= 11 is 0. The van der Waals surface area contributed by atoms with Gasteiger partial charge in [0.25, 0.3) is 0 Å². The number of hydrogen-bond acceptors (Lipinski definition) is 1. The molecule has 2 atom stereocenters. The Balaban J connectivity index is 1.95. The molecule has 0 saturated heterocycles. The van der Waals surface area contributed by atoms with Crippen molar-refractivity contribution in [2.24, 2.45) is 5.92 Å². The van der Waals surface area contributed by atoms with E-state index >= 15 is 0 Å². The molecule has 2 heteroatoms. The van der Waals surface area contributed by atoms with Crippen LogP contribution in [0.4, 0.5) is 0 Å². The molecule has 2 aromatic rings. The van der Waals surface area contributed by atoms with Crippen LogP contribution in [-0.4, -0.2) is 10.5 Å². The molecule has 1 saturated carbocycles. The Bertz CT molecular complexity index is 648. The molecule has 0 N–H and O–H groups in total. The van der Waals surface area contributed by atoms with Gasteiger partial charge in [-0.25, -0.2) is 0 Å². The Morgan fingerprint density at radius 2 is 1.80 bits per heavy atom.